The number of hydrogen-bond acceptors (Lipinski definition) is 5. The molecule has 0 radical (unpaired) electrons. The molecule has 1 aromatic rings. The summed E-state index contributed by atoms with van der Waals surface area (Å²) < 4.78 is 21.7. The lowest BCUT2D eigenvalue weighted by atomic mass is 10.1. The Labute approximate surface area is 124 Å². The number of carbonyl (C=O) groups excluding carboxylic acids is 1. The zero-order chi connectivity index (χ0) is 15.1. The first kappa shape index (κ1) is 15.7. The second-order valence-electron chi connectivity index (χ2n) is 4.73. The zero-order valence-corrected chi connectivity index (χ0v) is 12.2. The molecule has 0 aliphatic carbocycles. The molecular weight excluding hydrogens is 272 g/mol. The molecule has 0 bridgehead atoms. The van der Waals surface area contributed by atoms with Gasteiger partial charge in [-0.3, -0.25) is 4.79 Å². The van der Waals surface area contributed by atoms with E-state index >= 15 is 0 Å². The fraction of sp³-hybridized carbons (Fsp3) is 0.438. The Morgan fingerprint density at radius 1 is 1.24 bits per heavy atom. The SMILES string of the molecule is CO[C@H]1C=C[C@@H](OCc2ccccc2)[C@H](COC(C)=O)O1. The maximum absolute atomic E-state index is 11.0. The highest BCUT2D eigenvalue weighted by Crippen LogP contribution is 2.18. The molecule has 0 N–H and O–H groups in total. The van der Waals surface area contributed by atoms with Gasteiger partial charge in [0.2, 0.25) is 0 Å². The van der Waals surface area contributed by atoms with Gasteiger partial charge in [-0.15, -0.1) is 0 Å². The van der Waals surface area contributed by atoms with Gasteiger partial charge in [0.1, 0.15) is 18.8 Å². The third kappa shape index (κ3) is 4.97. The molecule has 1 aromatic carbocycles. The lowest BCUT2D eigenvalue weighted by molar-refractivity contribution is -0.187. The van der Waals surface area contributed by atoms with Crippen LogP contribution in [-0.2, 0) is 30.3 Å². The standard InChI is InChI=1S/C16H20O5/c1-12(17)19-11-15-14(8-9-16(18-2)21-15)20-10-13-6-4-3-5-7-13/h3-9,14-16H,10-11H2,1-2H3/t14-,15+,16-/m1/s1. The predicted octanol–water partition coefficient (Wildman–Crippen LogP) is 2.06. The molecule has 0 spiro atoms. The Morgan fingerprint density at radius 3 is 2.67 bits per heavy atom. The maximum atomic E-state index is 11.0. The molecule has 5 heteroatoms. The minimum atomic E-state index is -0.442. The minimum Gasteiger partial charge on any atom is -0.463 e. The average molecular weight is 292 g/mol. The van der Waals surface area contributed by atoms with Crippen LogP contribution < -0.4 is 0 Å². The summed E-state index contributed by atoms with van der Waals surface area (Å²) in [7, 11) is 1.56. The van der Waals surface area contributed by atoms with Crippen molar-refractivity contribution in [2.75, 3.05) is 13.7 Å². The fourth-order valence-corrected chi connectivity index (χ4v) is 2.02. The summed E-state index contributed by atoms with van der Waals surface area (Å²) in [5.74, 6) is -0.344. The molecule has 0 aromatic heterocycles. The minimum absolute atomic E-state index is 0.138. The Bertz CT molecular complexity index is 471. The van der Waals surface area contributed by atoms with Gasteiger partial charge in [-0.2, -0.15) is 0 Å². The van der Waals surface area contributed by atoms with E-state index in [0.29, 0.717) is 6.61 Å². The van der Waals surface area contributed by atoms with Crippen LogP contribution in [0, 0.1) is 0 Å². The first-order valence-corrected chi connectivity index (χ1v) is 6.84. The second kappa shape index (κ2) is 7.93. The predicted molar refractivity (Wildman–Crippen MR) is 76.5 cm³/mol. The Hall–Kier alpha value is -1.69. The smallest absolute Gasteiger partial charge is 0.302 e. The largest absolute Gasteiger partial charge is 0.463 e. The average Bonchev–Trinajstić information content (AvgIpc) is 2.52. The van der Waals surface area contributed by atoms with Crippen molar-refractivity contribution in [1.29, 1.82) is 0 Å². The van der Waals surface area contributed by atoms with Gasteiger partial charge < -0.3 is 18.9 Å². The monoisotopic (exact) mass is 292 g/mol. The van der Waals surface area contributed by atoms with Crippen molar-refractivity contribution in [1.82, 2.24) is 0 Å². The van der Waals surface area contributed by atoms with E-state index in [9.17, 15) is 4.79 Å². The summed E-state index contributed by atoms with van der Waals surface area (Å²) in [5, 5.41) is 0. The Balaban J connectivity index is 1.94. The van der Waals surface area contributed by atoms with Crippen LogP contribution in [0.5, 0.6) is 0 Å². The van der Waals surface area contributed by atoms with Crippen molar-refractivity contribution in [2.45, 2.75) is 32.0 Å². The topological polar surface area (TPSA) is 54.0 Å². The Morgan fingerprint density at radius 2 is 2.00 bits per heavy atom. The molecule has 0 saturated carbocycles. The van der Waals surface area contributed by atoms with Crippen LogP contribution in [0.15, 0.2) is 42.5 Å². The molecule has 21 heavy (non-hydrogen) atoms. The number of hydrogen-bond donors (Lipinski definition) is 0. The third-order valence-corrected chi connectivity index (χ3v) is 3.10. The molecule has 1 heterocycles. The number of rotatable bonds is 6. The normalized spacial score (nSPS) is 24.8. The van der Waals surface area contributed by atoms with Crippen LogP contribution in [0.3, 0.4) is 0 Å². The molecule has 0 amide bonds. The lowest BCUT2D eigenvalue weighted by Crippen LogP contribution is -2.41. The molecule has 0 unspecified atom stereocenters. The molecular formula is C16H20O5. The van der Waals surface area contributed by atoms with Gasteiger partial charge >= 0.3 is 5.97 Å². The van der Waals surface area contributed by atoms with E-state index in [2.05, 4.69) is 0 Å². The number of methoxy groups -OCH3 is 1. The van der Waals surface area contributed by atoms with Crippen LogP contribution in [0.2, 0.25) is 0 Å². The van der Waals surface area contributed by atoms with Crippen molar-refractivity contribution in [3.8, 4) is 0 Å². The van der Waals surface area contributed by atoms with E-state index in [1.54, 1.807) is 13.2 Å². The van der Waals surface area contributed by atoms with Gasteiger partial charge in [-0.1, -0.05) is 36.4 Å². The van der Waals surface area contributed by atoms with Gasteiger partial charge in [0, 0.05) is 14.0 Å². The maximum Gasteiger partial charge on any atom is 0.302 e. The highest BCUT2D eigenvalue weighted by Gasteiger charge is 2.29. The molecule has 5 nitrogen and oxygen atoms in total. The van der Waals surface area contributed by atoms with Gasteiger partial charge in [-0.05, 0) is 11.6 Å². The van der Waals surface area contributed by atoms with Crippen LogP contribution >= 0.6 is 0 Å². The summed E-state index contributed by atoms with van der Waals surface area (Å²) in [5.41, 5.74) is 1.08. The van der Waals surface area contributed by atoms with E-state index in [4.69, 9.17) is 18.9 Å². The van der Waals surface area contributed by atoms with Gasteiger partial charge in [0.15, 0.2) is 6.29 Å². The summed E-state index contributed by atoms with van der Waals surface area (Å²) in [6.07, 6.45) is 2.57. The highest BCUT2D eigenvalue weighted by atomic mass is 16.7. The second-order valence-corrected chi connectivity index (χ2v) is 4.73. The number of benzene rings is 1. The van der Waals surface area contributed by atoms with Gasteiger partial charge in [-0.25, -0.2) is 0 Å². The first-order chi connectivity index (χ1) is 10.2. The number of esters is 1. The summed E-state index contributed by atoms with van der Waals surface area (Å²) in [4.78, 5) is 11.0. The van der Waals surface area contributed by atoms with Crippen molar-refractivity contribution < 1.29 is 23.7 Å². The molecule has 2 rings (SSSR count). The van der Waals surface area contributed by atoms with Crippen LogP contribution in [-0.4, -0.2) is 38.2 Å². The van der Waals surface area contributed by atoms with Gasteiger partial charge in [0.05, 0.1) is 6.61 Å². The molecule has 1 aliphatic rings. The van der Waals surface area contributed by atoms with Crippen molar-refractivity contribution in [2.24, 2.45) is 0 Å². The molecule has 114 valence electrons. The lowest BCUT2D eigenvalue weighted by Gasteiger charge is -2.31. The fourth-order valence-electron chi connectivity index (χ4n) is 2.02. The summed E-state index contributed by atoms with van der Waals surface area (Å²) in [6, 6.07) is 9.87. The molecule has 0 fully saturated rings. The number of ether oxygens (including phenoxy) is 4. The van der Waals surface area contributed by atoms with E-state index in [-0.39, 0.29) is 24.8 Å². The van der Waals surface area contributed by atoms with Crippen molar-refractivity contribution in [3.05, 3.63) is 48.0 Å². The van der Waals surface area contributed by atoms with Crippen molar-refractivity contribution in [3.63, 3.8) is 0 Å². The van der Waals surface area contributed by atoms with Crippen LogP contribution in [0.1, 0.15) is 12.5 Å². The third-order valence-electron chi connectivity index (χ3n) is 3.10. The molecule has 3 atom stereocenters. The summed E-state index contributed by atoms with van der Waals surface area (Å²) >= 11 is 0. The van der Waals surface area contributed by atoms with E-state index in [0.717, 1.165) is 5.56 Å². The molecule has 0 saturated heterocycles. The van der Waals surface area contributed by atoms with Crippen molar-refractivity contribution >= 4 is 5.97 Å². The Kier molecular flexibility index (Phi) is 5.92. The van der Waals surface area contributed by atoms with E-state index in [1.807, 2.05) is 36.4 Å². The van der Waals surface area contributed by atoms with Crippen LogP contribution in [0.4, 0.5) is 0 Å². The quantitative estimate of drug-likeness (QED) is 0.593. The summed E-state index contributed by atoms with van der Waals surface area (Å²) in [6.45, 7) is 1.97. The highest BCUT2D eigenvalue weighted by molar-refractivity contribution is 5.65. The van der Waals surface area contributed by atoms with Gasteiger partial charge in [0.25, 0.3) is 0 Å². The first-order valence-electron chi connectivity index (χ1n) is 6.84. The zero-order valence-electron chi connectivity index (χ0n) is 12.2. The van der Waals surface area contributed by atoms with Crippen LogP contribution in [0.25, 0.3) is 0 Å². The molecule has 1 aliphatic heterocycles. The van der Waals surface area contributed by atoms with E-state index < -0.39 is 6.29 Å². The number of carbonyl (C=O) groups is 1. The van der Waals surface area contributed by atoms with E-state index in [1.165, 1.54) is 6.92 Å².